The van der Waals surface area contributed by atoms with E-state index in [1.807, 2.05) is 44.2 Å². The molecule has 3 heteroatoms. The van der Waals surface area contributed by atoms with Gasteiger partial charge in [-0.2, -0.15) is 0 Å². The monoisotopic (exact) mass is 174 g/mol. The fourth-order valence-corrected chi connectivity index (χ4v) is 0.760. The van der Waals surface area contributed by atoms with Crippen molar-refractivity contribution in [3.63, 3.8) is 0 Å². The summed E-state index contributed by atoms with van der Waals surface area (Å²) in [7, 11) is 0. The van der Waals surface area contributed by atoms with Crippen LogP contribution in [0.4, 0.5) is 0 Å². The summed E-state index contributed by atoms with van der Waals surface area (Å²) in [6.45, 7) is 4.00. The fourth-order valence-electron chi connectivity index (χ4n) is 0.481. The van der Waals surface area contributed by atoms with Crippen LogP contribution in [0.3, 0.4) is 0 Å². The molecule has 0 spiro atoms. The molecule has 0 saturated heterocycles. The van der Waals surface area contributed by atoms with Gasteiger partial charge in [0.05, 0.1) is 0 Å². The first-order valence-electron chi connectivity index (χ1n) is 3.30. The zero-order chi connectivity index (χ0) is 7.82. The average Bonchev–Trinajstić information content (AvgIpc) is 2.10. The van der Waals surface area contributed by atoms with E-state index in [1.165, 1.54) is 0 Å². The Morgan fingerprint density at radius 2 is 1.55 bits per heavy atom. The van der Waals surface area contributed by atoms with Crippen molar-refractivity contribution in [1.82, 2.24) is 0 Å². The molecule has 0 bridgehead atoms. The third-order valence-electron chi connectivity index (χ3n) is 0.849. The second kappa shape index (κ2) is 9.49. The Morgan fingerprint density at radius 1 is 1.09 bits per heavy atom. The Hall–Kier alpha value is -0.510. The molecule has 0 amide bonds. The van der Waals surface area contributed by atoms with Gasteiger partial charge in [-0.15, -0.1) is 0 Å². The molecule has 0 aliphatic carbocycles. The van der Waals surface area contributed by atoms with E-state index in [-0.39, 0.29) is 5.48 Å². The molecule has 0 saturated carbocycles. The highest BCUT2D eigenvalue weighted by atomic mass is 32.2. The van der Waals surface area contributed by atoms with Gasteiger partial charge in [0.2, 0.25) is 0 Å². The van der Waals surface area contributed by atoms with Crippen LogP contribution < -0.4 is 0 Å². The molecule has 0 aliphatic rings. The minimum atomic E-state index is 0. The van der Waals surface area contributed by atoms with Crippen LogP contribution in [0.15, 0.2) is 35.2 Å². The topological polar surface area (TPSA) is 51.7 Å². The summed E-state index contributed by atoms with van der Waals surface area (Å²) in [5, 5.41) is 0. The molecule has 0 heterocycles. The van der Waals surface area contributed by atoms with Crippen molar-refractivity contribution >= 4 is 12.0 Å². The number of hydrogen-bond donors (Lipinski definition) is 1. The van der Waals surface area contributed by atoms with E-state index in [1.54, 1.807) is 0 Å². The molecular weight excluding hydrogens is 160 g/mol. The van der Waals surface area contributed by atoms with Gasteiger partial charge in [0.1, 0.15) is 0 Å². The first kappa shape index (κ1) is 13.1. The predicted octanol–water partition coefficient (Wildman–Crippen LogP) is 2.45. The Bertz CT molecular complexity index is 153. The van der Waals surface area contributed by atoms with Gasteiger partial charge < -0.3 is 10.0 Å². The maximum Gasteiger partial charge on any atom is 0.0350 e. The summed E-state index contributed by atoms with van der Waals surface area (Å²) in [6, 6.07) is 9.40. The largest absolute Gasteiger partial charge is 0.412 e. The summed E-state index contributed by atoms with van der Waals surface area (Å²) in [4.78, 5) is 0.882. The molecule has 0 aliphatic heterocycles. The highest BCUT2D eigenvalue weighted by molar-refractivity contribution is 7.93. The highest BCUT2D eigenvalue weighted by Crippen LogP contribution is 2.10. The van der Waals surface area contributed by atoms with Gasteiger partial charge >= 0.3 is 0 Å². The Kier molecular flexibility index (Phi) is 11.3. The van der Waals surface area contributed by atoms with Gasteiger partial charge in [0, 0.05) is 16.9 Å². The molecule has 0 atom stereocenters. The Labute approximate surface area is 71.8 Å². The second-order valence-corrected chi connectivity index (χ2v) is 2.06. The van der Waals surface area contributed by atoms with Crippen molar-refractivity contribution < 1.29 is 10.0 Å². The molecule has 2 nitrogen and oxygen atoms in total. The molecule has 3 N–H and O–H groups in total. The van der Waals surface area contributed by atoms with Crippen molar-refractivity contribution in [2.75, 3.05) is 0 Å². The van der Waals surface area contributed by atoms with Crippen molar-refractivity contribution in [1.29, 1.82) is 0 Å². The molecule has 64 valence electrons. The van der Waals surface area contributed by atoms with Crippen LogP contribution in [0.25, 0.3) is 0 Å². The van der Waals surface area contributed by atoms with Crippen LogP contribution >= 0.6 is 12.0 Å². The molecule has 11 heavy (non-hydrogen) atoms. The summed E-state index contributed by atoms with van der Waals surface area (Å²) in [5.74, 6) is 0. The van der Waals surface area contributed by atoms with E-state index in [4.69, 9.17) is 4.55 Å². The van der Waals surface area contributed by atoms with Gasteiger partial charge in [-0.05, 0) is 12.1 Å². The van der Waals surface area contributed by atoms with Crippen LogP contribution in [0.2, 0.25) is 0 Å². The zero-order valence-corrected chi connectivity index (χ0v) is 7.56. The predicted molar refractivity (Wildman–Crippen MR) is 49.9 cm³/mol. The molecular formula is C8H14O2S. The highest BCUT2D eigenvalue weighted by Gasteiger charge is 1.82. The summed E-state index contributed by atoms with van der Waals surface area (Å²) < 4.78 is 8.45. The quantitative estimate of drug-likeness (QED) is 0.665. The van der Waals surface area contributed by atoms with Crippen molar-refractivity contribution in [2.24, 2.45) is 0 Å². The smallest absolute Gasteiger partial charge is 0.0350 e. The minimum absolute atomic E-state index is 0. The van der Waals surface area contributed by atoms with Gasteiger partial charge in [-0.25, -0.2) is 0 Å². The van der Waals surface area contributed by atoms with E-state index in [0.29, 0.717) is 0 Å². The molecule has 0 fully saturated rings. The molecule has 0 radical (unpaired) electrons. The van der Waals surface area contributed by atoms with E-state index in [0.717, 1.165) is 16.9 Å². The SMILES string of the molecule is CC.O.OSc1ccccc1. The van der Waals surface area contributed by atoms with Crippen LogP contribution in [0.1, 0.15) is 13.8 Å². The molecule has 0 aromatic heterocycles. The van der Waals surface area contributed by atoms with Crippen molar-refractivity contribution in [2.45, 2.75) is 18.7 Å². The standard InChI is InChI=1S/C6H6OS.C2H6.H2O/c7-8-6-4-2-1-3-5-6;1-2;/h1-5,7H;1-2H3;1H2. The molecule has 1 aromatic rings. The zero-order valence-electron chi connectivity index (χ0n) is 6.74. The third-order valence-corrected chi connectivity index (χ3v) is 1.33. The fraction of sp³-hybridized carbons (Fsp3) is 0.250. The Morgan fingerprint density at radius 3 is 1.82 bits per heavy atom. The summed E-state index contributed by atoms with van der Waals surface area (Å²) >= 11 is 0.769. The molecule has 1 rings (SSSR count). The lowest BCUT2D eigenvalue weighted by Gasteiger charge is -1.87. The van der Waals surface area contributed by atoms with Crippen LogP contribution in [-0.4, -0.2) is 10.0 Å². The second-order valence-electron chi connectivity index (χ2n) is 1.40. The number of hydrogen-bond acceptors (Lipinski definition) is 2. The maximum absolute atomic E-state index is 8.45. The summed E-state index contributed by atoms with van der Waals surface area (Å²) in [6.07, 6.45) is 0. The molecule has 1 aromatic carbocycles. The normalized spacial score (nSPS) is 7.18. The Balaban J connectivity index is 0. The van der Waals surface area contributed by atoms with E-state index >= 15 is 0 Å². The minimum Gasteiger partial charge on any atom is -0.412 e. The maximum atomic E-state index is 8.45. The first-order chi connectivity index (χ1) is 4.93. The average molecular weight is 174 g/mol. The van der Waals surface area contributed by atoms with E-state index in [9.17, 15) is 0 Å². The van der Waals surface area contributed by atoms with Crippen LogP contribution in [0, 0.1) is 0 Å². The van der Waals surface area contributed by atoms with Gasteiger partial charge in [-0.1, -0.05) is 32.0 Å². The molecule has 0 unspecified atom stereocenters. The van der Waals surface area contributed by atoms with Gasteiger partial charge in [0.25, 0.3) is 0 Å². The lowest BCUT2D eigenvalue weighted by atomic mass is 10.4. The number of rotatable bonds is 1. The lowest BCUT2D eigenvalue weighted by molar-refractivity contribution is 0.664. The lowest BCUT2D eigenvalue weighted by Crippen LogP contribution is -1.63. The number of benzene rings is 1. The summed E-state index contributed by atoms with van der Waals surface area (Å²) in [5.41, 5.74) is 0. The third kappa shape index (κ3) is 5.91. The van der Waals surface area contributed by atoms with E-state index < -0.39 is 0 Å². The van der Waals surface area contributed by atoms with Gasteiger partial charge in [-0.3, -0.25) is 0 Å². The van der Waals surface area contributed by atoms with Crippen LogP contribution in [0.5, 0.6) is 0 Å². The van der Waals surface area contributed by atoms with Crippen molar-refractivity contribution in [3.8, 4) is 0 Å². The van der Waals surface area contributed by atoms with Crippen molar-refractivity contribution in [3.05, 3.63) is 30.3 Å². The van der Waals surface area contributed by atoms with Crippen LogP contribution in [-0.2, 0) is 0 Å². The van der Waals surface area contributed by atoms with Gasteiger partial charge in [0.15, 0.2) is 0 Å². The van der Waals surface area contributed by atoms with E-state index in [2.05, 4.69) is 0 Å². The first-order valence-corrected chi connectivity index (χ1v) is 4.07.